The Hall–Kier alpha value is -2.35. The first-order chi connectivity index (χ1) is 11.4. The molecule has 0 radical (unpaired) electrons. The first-order valence-electron chi connectivity index (χ1n) is 7.41. The van der Waals surface area contributed by atoms with Crippen molar-refractivity contribution >= 4 is 11.6 Å². The first kappa shape index (κ1) is 16.5. The van der Waals surface area contributed by atoms with Crippen LogP contribution in [0, 0.1) is 0 Å². The van der Waals surface area contributed by atoms with Crippen LogP contribution in [0.15, 0.2) is 24.5 Å². The molecular weight excluding hydrogens is 321 g/mol. The number of halogens is 3. The average Bonchev–Trinajstić information content (AvgIpc) is 2.54. The van der Waals surface area contributed by atoms with Gasteiger partial charge in [-0.05, 0) is 36.7 Å². The second kappa shape index (κ2) is 6.27. The molecule has 0 fully saturated rings. The number of alkyl halides is 3. The Balaban J connectivity index is 1.87. The van der Waals surface area contributed by atoms with Crippen LogP contribution in [0.2, 0.25) is 0 Å². The van der Waals surface area contributed by atoms with Crippen molar-refractivity contribution in [1.29, 1.82) is 0 Å². The Morgan fingerprint density at radius 2 is 1.88 bits per heavy atom. The number of hydrogen-bond donors (Lipinski definition) is 1. The standard InChI is InChI=1S/C16H17F3N4O/c1-23-4-3-10-5-13(14(24-2)6-11(10)9-23)22-15-20-7-12(8-21-15)16(17,18)19/h5-8H,3-4,9H2,1-2H3,(H,20,21,22). The summed E-state index contributed by atoms with van der Waals surface area (Å²) in [7, 11) is 3.60. The van der Waals surface area contributed by atoms with Gasteiger partial charge in [-0.3, -0.25) is 0 Å². The fourth-order valence-corrected chi connectivity index (χ4v) is 2.65. The quantitative estimate of drug-likeness (QED) is 0.931. The van der Waals surface area contributed by atoms with E-state index in [1.807, 2.05) is 12.1 Å². The lowest BCUT2D eigenvalue weighted by atomic mass is 9.99. The zero-order valence-corrected chi connectivity index (χ0v) is 13.3. The van der Waals surface area contributed by atoms with Crippen LogP contribution < -0.4 is 10.1 Å². The molecule has 0 saturated carbocycles. The van der Waals surface area contributed by atoms with E-state index in [9.17, 15) is 13.2 Å². The minimum absolute atomic E-state index is 0.0918. The van der Waals surface area contributed by atoms with Crippen LogP contribution in [-0.4, -0.2) is 35.6 Å². The molecule has 0 saturated heterocycles. The number of rotatable bonds is 3. The summed E-state index contributed by atoms with van der Waals surface area (Å²) in [5, 5.41) is 2.94. The van der Waals surface area contributed by atoms with Crippen LogP contribution in [0.25, 0.3) is 0 Å². The van der Waals surface area contributed by atoms with Gasteiger partial charge in [-0.25, -0.2) is 9.97 Å². The molecule has 0 unspecified atom stereocenters. The second-order valence-corrected chi connectivity index (χ2v) is 5.73. The number of benzene rings is 1. The molecule has 0 atom stereocenters. The molecule has 0 bridgehead atoms. The van der Waals surface area contributed by atoms with E-state index in [0.29, 0.717) is 11.4 Å². The Bertz CT molecular complexity index is 731. The molecular formula is C16H17F3N4O. The average molecular weight is 338 g/mol. The molecule has 3 rings (SSSR count). The SMILES string of the molecule is COc1cc2c(cc1Nc1ncc(C(F)(F)F)cn1)CCN(C)C2. The lowest BCUT2D eigenvalue weighted by Gasteiger charge is -2.26. The summed E-state index contributed by atoms with van der Waals surface area (Å²) in [6, 6.07) is 3.89. The molecule has 0 amide bonds. The summed E-state index contributed by atoms with van der Waals surface area (Å²) in [6.45, 7) is 1.79. The third-order valence-electron chi connectivity index (χ3n) is 3.95. The molecule has 0 aliphatic carbocycles. The van der Waals surface area contributed by atoms with Crippen molar-refractivity contribution in [2.75, 3.05) is 26.0 Å². The van der Waals surface area contributed by atoms with Crippen LogP contribution in [0.3, 0.4) is 0 Å². The van der Waals surface area contributed by atoms with Gasteiger partial charge in [0.15, 0.2) is 0 Å². The van der Waals surface area contributed by atoms with Crippen LogP contribution >= 0.6 is 0 Å². The second-order valence-electron chi connectivity index (χ2n) is 5.73. The highest BCUT2D eigenvalue weighted by Crippen LogP contribution is 2.33. The zero-order chi connectivity index (χ0) is 17.3. The molecule has 0 spiro atoms. The summed E-state index contributed by atoms with van der Waals surface area (Å²) in [4.78, 5) is 9.68. The number of anilines is 2. The molecule has 128 valence electrons. The van der Waals surface area contributed by atoms with Crippen molar-refractivity contribution in [3.8, 4) is 5.75 Å². The molecule has 1 N–H and O–H groups in total. The molecule has 2 heterocycles. The van der Waals surface area contributed by atoms with Crippen molar-refractivity contribution in [2.24, 2.45) is 0 Å². The number of hydrogen-bond acceptors (Lipinski definition) is 5. The normalized spacial score (nSPS) is 15.0. The predicted octanol–water partition coefficient (Wildman–Crippen LogP) is 3.24. The van der Waals surface area contributed by atoms with E-state index in [0.717, 1.165) is 31.9 Å². The summed E-state index contributed by atoms with van der Waals surface area (Å²) < 4.78 is 43.1. The maximum atomic E-state index is 12.6. The predicted molar refractivity (Wildman–Crippen MR) is 83.3 cm³/mol. The number of nitrogens with one attached hydrogen (secondary N) is 1. The van der Waals surface area contributed by atoms with Gasteiger partial charge in [-0.1, -0.05) is 0 Å². The molecule has 1 aromatic heterocycles. The summed E-state index contributed by atoms with van der Waals surface area (Å²) in [5.41, 5.74) is 2.12. The van der Waals surface area contributed by atoms with E-state index < -0.39 is 11.7 Å². The number of ether oxygens (including phenoxy) is 1. The highest BCUT2D eigenvalue weighted by atomic mass is 19.4. The molecule has 5 nitrogen and oxygen atoms in total. The summed E-state index contributed by atoms with van der Waals surface area (Å²) in [5.74, 6) is 0.696. The Morgan fingerprint density at radius 1 is 1.17 bits per heavy atom. The Labute approximate surface area is 137 Å². The van der Waals surface area contributed by atoms with Crippen molar-refractivity contribution in [3.63, 3.8) is 0 Å². The summed E-state index contributed by atoms with van der Waals surface area (Å²) >= 11 is 0. The van der Waals surface area contributed by atoms with E-state index in [1.165, 1.54) is 11.1 Å². The smallest absolute Gasteiger partial charge is 0.419 e. The van der Waals surface area contributed by atoms with E-state index in [1.54, 1.807) is 7.11 Å². The van der Waals surface area contributed by atoms with Gasteiger partial charge in [0.1, 0.15) is 5.75 Å². The fourth-order valence-electron chi connectivity index (χ4n) is 2.65. The van der Waals surface area contributed by atoms with Gasteiger partial charge < -0.3 is 15.0 Å². The van der Waals surface area contributed by atoms with Crippen LogP contribution in [0.1, 0.15) is 16.7 Å². The summed E-state index contributed by atoms with van der Waals surface area (Å²) in [6.07, 6.45) is -2.03. The van der Waals surface area contributed by atoms with Crippen LogP contribution in [-0.2, 0) is 19.1 Å². The molecule has 2 aromatic rings. The lowest BCUT2D eigenvalue weighted by molar-refractivity contribution is -0.138. The van der Waals surface area contributed by atoms with Crippen molar-refractivity contribution in [1.82, 2.24) is 14.9 Å². The van der Waals surface area contributed by atoms with E-state index >= 15 is 0 Å². The van der Waals surface area contributed by atoms with Crippen LogP contribution in [0.4, 0.5) is 24.8 Å². The van der Waals surface area contributed by atoms with Gasteiger partial charge in [0.2, 0.25) is 5.95 Å². The number of aromatic nitrogens is 2. The van der Waals surface area contributed by atoms with Gasteiger partial charge in [0, 0.05) is 25.5 Å². The van der Waals surface area contributed by atoms with E-state index in [-0.39, 0.29) is 5.95 Å². The molecule has 1 aromatic carbocycles. The van der Waals surface area contributed by atoms with Gasteiger partial charge in [-0.15, -0.1) is 0 Å². The topological polar surface area (TPSA) is 50.3 Å². The third kappa shape index (κ3) is 3.43. The lowest BCUT2D eigenvalue weighted by Crippen LogP contribution is -2.26. The van der Waals surface area contributed by atoms with E-state index in [2.05, 4.69) is 27.2 Å². The van der Waals surface area contributed by atoms with Crippen LogP contribution in [0.5, 0.6) is 5.75 Å². The van der Waals surface area contributed by atoms with Gasteiger partial charge in [0.25, 0.3) is 0 Å². The number of fused-ring (bicyclic) bond motifs is 1. The number of methoxy groups -OCH3 is 1. The molecule has 8 heteroatoms. The molecule has 1 aliphatic heterocycles. The number of nitrogens with zero attached hydrogens (tertiary/aromatic N) is 3. The highest BCUT2D eigenvalue weighted by molar-refractivity contribution is 5.65. The maximum absolute atomic E-state index is 12.6. The Kier molecular flexibility index (Phi) is 4.31. The number of likely N-dealkylation sites (N-methyl/N-ethyl adjacent to an activating group) is 1. The van der Waals surface area contributed by atoms with Gasteiger partial charge in [-0.2, -0.15) is 13.2 Å². The zero-order valence-electron chi connectivity index (χ0n) is 13.3. The molecule has 1 aliphatic rings. The Morgan fingerprint density at radius 3 is 2.50 bits per heavy atom. The monoisotopic (exact) mass is 338 g/mol. The molecule has 24 heavy (non-hydrogen) atoms. The highest BCUT2D eigenvalue weighted by Gasteiger charge is 2.31. The maximum Gasteiger partial charge on any atom is 0.419 e. The largest absolute Gasteiger partial charge is 0.495 e. The van der Waals surface area contributed by atoms with E-state index in [4.69, 9.17) is 4.74 Å². The minimum atomic E-state index is -4.45. The fraction of sp³-hybridized carbons (Fsp3) is 0.375. The van der Waals surface area contributed by atoms with Gasteiger partial charge >= 0.3 is 6.18 Å². The van der Waals surface area contributed by atoms with Crippen molar-refractivity contribution < 1.29 is 17.9 Å². The minimum Gasteiger partial charge on any atom is -0.495 e. The van der Waals surface area contributed by atoms with Crippen molar-refractivity contribution in [3.05, 3.63) is 41.2 Å². The van der Waals surface area contributed by atoms with Gasteiger partial charge in [0.05, 0.1) is 18.4 Å². The van der Waals surface area contributed by atoms with Crippen molar-refractivity contribution in [2.45, 2.75) is 19.1 Å². The third-order valence-corrected chi connectivity index (χ3v) is 3.95. The first-order valence-corrected chi connectivity index (χ1v) is 7.41.